The molecule has 0 aromatic rings. The second-order valence-electron chi connectivity index (χ2n) is 10.1. The third-order valence-corrected chi connectivity index (χ3v) is 7.36. The van der Waals surface area contributed by atoms with Crippen LogP contribution in [0.25, 0.3) is 0 Å². The van der Waals surface area contributed by atoms with Crippen molar-refractivity contribution in [2.75, 3.05) is 0 Å². The Kier molecular flexibility index (Phi) is 7.27. The molecule has 2 saturated carbocycles. The zero-order valence-corrected chi connectivity index (χ0v) is 18.5. The van der Waals surface area contributed by atoms with Crippen LogP contribution in [0.15, 0.2) is 22.8 Å². The summed E-state index contributed by atoms with van der Waals surface area (Å²) in [4.78, 5) is 25.6. The standard InChI is InChI=1S/C25H40O2/c1-18(16-20-12-10-11-13-20)25(5,6)23(27)22(19(2)24(3,4)17-26)21-14-8-7-9-15-21/h16-17,20-21H,7-15H2,1-6H3. The maximum Gasteiger partial charge on any atom is 0.168 e. The molecule has 0 radical (unpaired) electrons. The SMILES string of the molecule is CC(=CC1CCCC1)C(C)(C)C(=O)C(=C(C)C(C)(C)C=O)C1CCCCC1. The molecule has 0 heterocycles. The van der Waals surface area contributed by atoms with Gasteiger partial charge in [-0.15, -0.1) is 0 Å². The summed E-state index contributed by atoms with van der Waals surface area (Å²) in [6, 6.07) is 0. The number of Topliss-reactive ketones (excluding diaryl/α,β-unsaturated/α-hetero) is 1. The van der Waals surface area contributed by atoms with Crippen molar-refractivity contribution in [1.29, 1.82) is 0 Å². The number of aldehydes is 1. The molecule has 2 rings (SSSR count). The van der Waals surface area contributed by atoms with Crippen molar-refractivity contribution < 1.29 is 9.59 Å². The lowest BCUT2D eigenvalue weighted by atomic mass is 9.68. The monoisotopic (exact) mass is 372 g/mol. The van der Waals surface area contributed by atoms with E-state index in [0.717, 1.165) is 30.3 Å². The molecule has 0 aromatic carbocycles. The Morgan fingerprint density at radius 2 is 1.37 bits per heavy atom. The molecule has 2 aliphatic rings. The molecule has 0 aliphatic heterocycles. The van der Waals surface area contributed by atoms with E-state index in [1.165, 1.54) is 50.5 Å². The number of rotatable bonds is 7. The molecule has 2 heteroatoms. The van der Waals surface area contributed by atoms with E-state index in [1.54, 1.807) is 0 Å². The fourth-order valence-corrected chi connectivity index (χ4v) is 4.69. The van der Waals surface area contributed by atoms with E-state index in [0.29, 0.717) is 11.8 Å². The fourth-order valence-electron chi connectivity index (χ4n) is 4.69. The molecule has 0 amide bonds. The Hall–Kier alpha value is -1.18. The van der Waals surface area contributed by atoms with E-state index in [9.17, 15) is 9.59 Å². The van der Waals surface area contributed by atoms with Crippen LogP contribution in [0.1, 0.15) is 99.3 Å². The predicted molar refractivity (Wildman–Crippen MR) is 114 cm³/mol. The summed E-state index contributed by atoms with van der Waals surface area (Å²) < 4.78 is 0. The highest BCUT2D eigenvalue weighted by Gasteiger charge is 2.38. The van der Waals surface area contributed by atoms with Crippen molar-refractivity contribution in [2.45, 2.75) is 99.3 Å². The molecule has 0 N–H and O–H groups in total. The lowest BCUT2D eigenvalue weighted by molar-refractivity contribution is -0.122. The van der Waals surface area contributed by atoms with Crippen LogP contribution in [-0.2, 0) is 9.59 Å². The molecule has 152 valence electrons. The maximum absolute atomic E-state index is 13.9. The van der Waals surface area contributed by atoms with Gasteiger partial charge in [0.25, 0.3) is 0 Å². The summed E-state index contributed by atoms with van der Waals surface area (Å²) in [5, 5.41) is 0. The van der Waals surface area contributed by atoms with Gasteiger partial charge in [0.2, 0.25) is 0 Å². The van der Waals surface area contributed by atoms with Crippen LogP contribution in [-0.4, -0.2) is 12.1 Å². The lowest BCUT2D eigenvalue weighted by Crippen LogP contribution is -2.34. The van der Waals surface area contributed by atoms with E-state index >= 15 is 0 Å². The van der Waals surface area contributed by atoms with Crippen molar-refractivity contribution >= 4 is 12.1 Å². The summed E-state index contributed by atoms with van der Waals surface area (Å²) >= 11 is 0. The number of hydrogen-bond donors (Lipinski definition) is 0. The second kappa shape index (κ2) is 8.88. The normalized spacial score (nSPS) is 21.9. The minimum Gasteiger partial charge on any atom is -0.302 e. The predicted octanol–water partition coefficient (Wildman–Crippen LogP) is 6.84. The van der Waals surface area contributed by atoms with Gasteiger partial charge in [-0.3, -0.25) is 4.79 Å². The van der Waals surface area contributed by atoms with E-state index < -0.39 is 10.8 Å². The highest BCUT2D eigenvalue weighted by atomic mass is 16.1. The van der Waals surface area contributed by atoms with Crippen molar-refractivity contribution in [3.63, 3.8) is 0 Å². The van der Waals surface area contributed by atoms with E-state index in [2.05, 4.69) is 26.8 Å². The molecule has 2 nitrogen and oxygen atoms in total. The van der Waals surface area contributed by atoms with Crippen molar-refractivity contribution in [3.8, 4) is 0 Å². The van der Waals surface area contributed by atoms with Gasteiger partial charge in [-0.2, -0.15) is 0 Å². The maximum atomic E-state index is 13.9. The van der Waals surface area contributed by atoms with E-state index in [-0.39, 0.29) is 5.78 Å². The van der Waals surface area contributed by atoms with E-state index in [1.807, 2.05) is 20.8 Å². The van der Waals surface area contributed by atoms with Crippen LogP contribution in [0.5, 0.6) is 0 Å². The largest absolute Gasteiger partial charge is 0.302 e. The summed E-state index contributed by atoms with van der Waals surface area (Å²) in [5.41, 5.74) is 2.05. The van der Waals surface area contributed by atoms with Crippen LogP contribution in [0, 0.1) is 22.7 Å². The van der Waals surface area contributed by atoms with Crippen molar-refractivity contribution in [1.82, 2.24) is 0 Å². The molecule has 0 aromatic heterocycles. The van der Waals surface area contributed by atoms with Crippen molar-refractivity contribution in [3.05, 3.63) is 22.8 Å². The van der Waals surface area contributed by atoms with Gasteiger partial charge in [0, 0.05) is 10.8 Å². The Labute approximate surface area is 166 Å². The number of carbonyl (C=O) groups is 2. The van der Waals surface area contributed by atoms with E-state index in [4.69, 9.17) is 0 Å². The smallest absolute Gasteiger partial charge is 0.168 e. The third kappa shape index (κ3) is 5.00. The Morgan fingerprint density at radius 1 is 0.852 bits per heavy atom. The first-order valence-corrected chi connectivity index (χ1v) is 11.0. The molecule has 27 heavy (non-hydrogen) atoms. The second-order valence-corrected chi connectivity index (χ2v) is 10.1. The quantitative estimate of drug-likeness (QED) is 0.278. The minimum absolute atomic E-state index is 0.244. The molecule has 0 unspecified atom stereocenters. The summed E-state index contributed by atoms with van der Waals surface area (Å²) in [7, 11) is 0. The Bertz CT molecular complexity index is 606. The first-order valence-electron chi connectivity index (χ1n) is 11.0. The van der Waals surface area contributed by atoms with Gasteiger partial charge in [-0.05, 0) is 84.6 Å². The van der Waals surface area contributed by atoms with Crippen LogP contribution >= 0.6 is 0 Å². The average molecular weight is 373 g/mol. The Balaban J connectivity index is 2.42. The number of hydrogen-bond acceptors (Lipinski definition) is 2. The molecular formula is C25H40O2. The third-order valence-electron chi connectivity index (χ3n) is 7.36. The summed E-state index contributed by atoms with van der Waals surface area (Å²) in [5.74, 6) is 1.18. The van der Waals surface area contributed by atoms with Crippen LogP contribution in [0.4, 0.5) is 0 Å². The number of carbonyl (C=O) groups excluding carboxylic acids is 2. The van der Waals surface area contributed by atoms with Gasteiger partial charge < -0.3 is 4.79 Å². The number of ketones is 1. The molecule has 2 fully saturated rings. The van der Waals surface area contributed by atoms with Gasteiger partial charge in [0.15, 0.2) is 5.78 Å². The van der Waals surface area contributed by atoms with Crippen LogP contribution in [0.2, 0.25) is 0 Å². The van der Waals surface area contributed by atoms with Crippen molar-refractivity contribution in [2.24, 2.45) is 22.7 Å². The van der Waals surface area contributed by atoms with Gasteiger partial charge in [-0.1, -0.05) is 49.3 Å². The average Bonchev–Trinajstić information content (AvgIpc) is 3.15. The lowest BCUT2D eigenvalue weighted by Gasteiger charge is -2.35. The first-order chi connectivity index (χ1) is 12.6. The minimum atomic E-state index is -0.582. The number of allylic oxidation sites excluding steroid dienone is 4. The summed E-state index contributed by atoms with van der Waals surface area (Å²) in [6.45, 7) is 12.2. The molecule has 2 aliphatic carbocycles. The molecule has 0 bridgehead atoms. The molecule has 0 atom stereocenters. The molecular weight excluding hydrogens is 332 g/mol. The fraction of sp³-hybridized carbons (Fsp3) is 0.760. The van der Waals surface area contributed by atoms with Gasteiger partial charge in [0.05, 0.1) is 0 Å². The zero-order chi connectivity index (χ0) is 20.2. The molecule has 0 spiro atoms. The van der Waals surface area contributed by atoms with Gasteiger partial charge in [-0.25, -0.2) is 0 Å². The molecule has 0 saturated heterocycles. The highest BCUT2D eigenvalue weighted by Crippen LogP contribution is 2.42. The van der Waals surface area contributed by atoms with Gasteiger partial charge >= 0.3 is 0 Å². The summed E-state index contributed by atoms with van der Waals surface area (Å²) in [6.07, 6.45) is 14.3. The highest BCUT2D eigenvalue weighted by molar-refractivity contribution is 6.03. The Morgan fingerprint density at radius 3 is 1.89 bits per heavy atom. The topological polar surface area (TPSA) is 34.1 Å². The van der Waals surface area contributed by atoms with Crippen LogP contribution < -0.4 is 0 Å². The van der Waals surface area contributed by atoms with Crippen LogP contribution in [0.3, 0.4) is 0 Å². The van der Waals surface area contributed by atoms with Gasteiger partial charge in [0.1, 0.15) is 6.29 Å². The zero-order valence-electron chi connectivity index (χ0n) is 18.5. The first kappa shape index (κ1) is 22.1.